The van der Waals surface area contributed by atoms with E-state index in [9.17, 15) is 9.90 Å². The van der Waals surface area contributed by atoms with E-state index >= 15 is 0 Å². The first-order chi connectivity index (χ1) is 10.7. The average Bonchev–Trinajstić information content (AvgIpc) is 2.56. The lowest BCUT2D eigenvalue weighted by Crippen LogP contribution is -2.12. The lowest BCUT2D eigenvalue weighted by Gasteiger charge is -2.07. The molecule has 0 aliphatic heterocycles. The van der Waals surface area contributed by atoms with Gasteiger partial charge < -0.3 is 10.4 Å². The molecule has 22 heavy (non-hydrogen) atoms. The molecule has 3 aromatic rings. The van der Waals surface area contributed by atoms with Crippen LogP contribution < -0.4 is 5.32 Å². The van der Waals surface area contributed by atoms with Crippen LogP contribution in [0.15, 0.2) is 73.1 Å². The first-order valence-corrected chi connectivity index (χ1v) is 6.83. The van der Waals surface area contributed by atoms with Crippen LogP contribution in [0, 0.1) is 0 Å². The Morgan fingerprint density at radius 2 is 1.64 bits per heavy atom. The molecule has 0 fully saturated rings. The topological polar surface area (TPSA) is 62.2 Å². The molecule has 3 rings (SSSR count). The molecule has 0 unspecified atom stereocenters. The van der Waals surface area contributed by atoms with E-state index in [0.717, 1.165) is 16.8 Å². The molecular weight excluding hydrogens is 276 g/mol. The maximum absolute atomic E-state index is 12.3. The number of carbonyl (C=O) groups is 1. The van der Waals surface area contributed by atoms with Gasteiger partial charge in [0.05, 0.1) is 5.56 Å². The molecule has 0 atom stereocenters. The quantitative estimate of drug-likeness (QED) is 0.773. The van der Waals surface area contributed by atoms with Gasteiger partial charge in [-0.2, -0.15) is 0 Å². The Balaban J connectivity index is 1.84. The fraction of sp³-hybridized carbons (Fsp3) is 0. The SMILES string of the molecule is O=C(Nc1ccccc1)c1cncc(-c2ccc(O)cc2)c1. The van der Waals surface area contributed by atoms with Crippen molar-refractivity contribution in [3.05, 3.63) is 78.6 Å². The Bertz CT molecular complexity index is 784. The Labute approximate surface area is 128 Å². The minimum Gasteiger partial charge on any atom is -0.508 e. The third kappa shape index (κ3) is 3.12. The molecule has 108 valence electrons. The van der Waals surface area contributed by atoms with E-state index in [2.05, 4.69) is 10.3 Å². The number of para-hydroxylation sites is 1. The molecule has 0 saturated heterocycles. The van der Waals surface area contributed by atoms with E-state index in [-0.39, 0.29) is 11.7 Å². The third-order valence-electron chi connectivity index (χ3n) is 3.23. The van der Waals surface area contributed by atoms with Crippen molar-refractivity contribution in [1.82, 2.24) is 4.98 Å². The van der Waals surface area contributed by atoms with Gasteiger partial charge in [0.1, 0.15) is 5.75 Å². The molecule has 4 heteroatoms. The molecule has 0 radical (unpaired) electrons. The second-order valence-electron chi connectivity index (χ2n) is 4.83. The van der Waals surface area contributed by atoms with E-state index in [4.69, 9.17) is 0 Å². The number of aromatic nitrogens is 1. The number of rotatable bonds is 3. The van der Waals surface area contributed by atoms with Crippen LogP contribution in [0.25, 0.3) is 11.1 Å². The van der Waals surface area contributed by atoms with Crippen molar-refractivity contribution in [3.8, 4) is 16.9 Å². The maximum Gasteiger partial charge on any atom is 0.257 e. The summed E-state index contributed by atoms with van der Waals surface area (Å²) in [4.78, 5) is 16.4. The highest BCUT2D eigenvalue weighted by Gasteiger charge is 2.08. The highest BCUT2D eigenvalue weighted by Crippen LogP contribution is 2.22. The third-order valence-corrected chi connectivity index (χ3v) is 3.23. The normalized spacial score (nSPS) is 10.2. The number of amides is 1. The number of phenols is 1. The van der Waals surface area contributed by atoms with Gasteiger partial charge in [-0.1, -0.05) is 30.3 Å². The predicted molar refractivity (Wildman–Crippen MR) is 85.7 cm³/mol. The lowest BCUT2D eigenvalue weighted by atomic mass is 10.1. The molecule has 4 nitrogen and oxygen atoms in total. The number of nitrogens with zero attached hydrogens (tertiary/aromatic N) is 1. The highest BCUT2D eigenvalue weighted by molar-refractivity contribution is 6.04. The Morgan fingerprint density at radius 1 is 0.909 bits per heavy atom. The molecule has 1 amide bonds. The summed E-state index contributed by atoms with van der Waals surface area (Å²) in [5.41, 5.74) is 2.93. The smallest absolute Gasteiger partial charge is 0.257 e. The summed E-state index contributed by atoms with van der Waals surface area (Å²) in [5.74, 6) is -0.00554. The molecular formula is C18H14N2O2. The summed E-state index contributed by atoms with van der Waals surface area (Å²) in [5, 5.41) is 12.2. The molecule has 2 N–H and O–H groups in total. The summed E-state index contributed by atoms with van der Waals surface area (Å²) in [6.45, 7) is 0. The summed E-state index contributed by atoms with van der Waals surface area (Å²) >= 11 is 0. The Morgan fingerprint density at radius 3 is 2.36 bits per heavy atom. The van der Waals surface area contributed by atoms with Crippen LogP contribution in [0.2, 0.25) is 0 Å². The van der Waals surface area contributed by atoms with Gasteiger partial charge >= 0.3 is 0 Å². The second kappa shape index (κ2) is 6.10. The van der Waals surface area contributed by atoms with E-state index in [1.54, 1.807) is 36.5 Å². The summed E-state index contributed by atoms with van der Waals surface area (Å²) in [7, 11) is 0. The minimum absolute atomic E-state index is 0.203. The predicted octanol–water partition coefficient (Wildman–Crippen LogP) is 3.71. The number of carbonyl (C=O) groups excluding carboxylic acids is 1. The van der Waals surface area contributed by atoms with Crippen molar-refractivity contribution >= 4 is 11.6 Å². The van der Waals surface area contributed by atoms with Gasteiger partial charge in [-0.15, -0.1) is 0 Å². The number of pyridine rings is 1. The number of hydrogen-bond acceptors (Lipinski definition) is 3. The number of phenolic OH excluding ortho intramolecular Hbond substituents is 1. The largest absolute Gasteiger partial charge is 0.508 e. The molecule has 2 aromatic carbocycles. The molecule has 0 bridgehead atoms. The zero-order valence-electron chi connectivity index (χ0n) is 11.7. The molecule has 0 saturated carbocycles. The van der Waals surface area contributed by atoms with E-state index in [0.29, 0.717) is 5.56 Å². The molecule has 0 aliphatic carbocycles. The zero-order valence-corrected chi connectivity index (χ0v) is 11.7. The van der Waals surface area contributed by atoms with Crippen molar-refractivity contribution in [2.24, 2.45) is 0 Å². The molecule has 1 heterocycles. The van der Waals surface area contributed by atoms with Crippen molar-refractivity contribution in [1.29, 1.82) is 0 Å². The van der Waals surface area contributed by atoms with Crippen molar-refractivity contribution in [2.75, 3.05) is 5.32 Å². The van der Waals surface area contributed by atoms with Gasteiger partial charge in [-0.3, -0.25) is 9.78 Å². The first kappa shape index (κ1) is 13.8. The fourth-order valence-corrected chi connectivity index (χ4v) is 2.10. The van der Waals surface area contributed by atoms with Gasteiger partial charge in [-0.05, 0) is 35.9 Å². The summed E-state index contributed by atoms with van der Waals surface area (Å²) < 4.78 is 0. The van der Waals surface area contributed by atoms with Gasteiger partial charge in [0.15, 0.2) is 0 Å². The van der Waals surface area contributed by atoms with Gasteiger partial charge in [-0.25, -0.2) is 0 Å². The number of hydrogen-bond donors (Lipinski definition) is 2. The molecule has 0 aliphatic rings. The van der Waals surface area contributed by atoms with Crippen LogP contribution in [-0.4, -0.2) is 16.0 Å². The standard InChI is InChI=1S/C18H14N2O2/c21-17-8-6-13(7-9-17)14-10-15(12-19-11-14)18(22)20-16-4-2-1-3-5-16/h1-12,21H,(H,20,22). The first-order valence-electron chi connectivity index (χ1n) is 6.83. The molecule has 1 aromatic heterocycles. The lowest BCUT2D eigenvalue weighted by molar-refractivity contribution is 0.102. The van der Waals surface area contributed by atoms with Crippen molar-refractivity contribution < 1.29 is 9.90 Å². The van der Waals surface area contributed by atoms with Crippen LogP contribution in [-0.2, 0) is 0 Å². The van der Waals surface area contributed by atoms with Gasteiger partial charge in [0, 0.05) is 23.6 Å². The van der Waals surface area contributed by atoms with Crippen LogP contribution >= 0.6 is 0 Å². The second-order valence-corrected chi connectivity index (χ2v) is 4.83. The Kier molecular flexibility index (Phi) is 3.83. The van der Waals surface area contributed by atoms with E-state index < -0.39 is 0 Å². The van der Waals surface area contributed by atoms with Gasteiger partial charge in [0.2, 0.25) is 0 Å². The number of nitrogens with one attached hydrogen (secondary N) is 1. The zero-order chi connectivity index (χ0) is 15.4. The number of anilines is 1. The minimum atomic E-state index is -0.209. The maximum atomic E-state index is 12.3. The summed E-state index contributed by atoms with van der Waals surface area (Å²) in [6, 6.07) is 17.8. The van der Waals surface area contributed by atoms with Gasteiger partial charge in [0.25, 0.3) is 5.91 Å². The summed E-state index contributed by atoms with van der Waals surface area (Å²) in [6.07, 6.45) is 3.22. The van der Waals surface area contributed by atoms with Crippen LogP contribution in [0.1, 0.15) is 10.4 Å². The molecule has 0 spiro atoms. The average molecular weight is 290 g/mol. The van der Waals surface area contributed by atoms with E-state index in [1.165, 1.54) is 6.20 Å². The number of aromatic hydroxyl groups is 1. The fourth-order valence-electron chi connectivity index (χ4n) is 2.10. The van der Waals surface area contributed by atoms with Crippen LogP contribution in [0.4, 0.5) is 5.69 Å². The van der Waals surface area contributed by atoms with Crippen molar-refractivity contribution in [2.45, 2.75) is 0 Å². The van der Waals surface area contributed by atoms with Crippen LogP contribution in [0.3, 0.4) is 0 Å². The number of benzene rings is 2. The van der Waals surface area contributed by atoms with E-state index in [1.807, 2.05) is 30.3 Å². The highest BCUT2D eigenvalue weighted by atomic mass is 16.3. The monoisotopic (exact) mass is 290 g/mol. The van der Waals surface area contributed by atoms with Crippen molar-refractivity contribution in [3.63, 3.8) is 0 Å². The van der Waals surface area contributed by atoms with Crippen LogP contribution in [0.5, 0.6) is 5.75 Å². The Hall–Kier alpha value is -3.14.